The Hall–Kier alpha value is -2.12. The highest BCUT2D eigenvalue weighted by Gasteiger charge is 2.29. The molecular weight excluding hydrogens is 334 g/mol. The summed E-state index contributed by atoms with van der Waals surface area (Å²) < 4.78 is 10.7. The zero-order valence-electron chi connectivity index (χ0n) is 15.8. The third-order valence-electron chi connectivity index (χ3n) is 4.56. The van der Waals surface area contributed by atoms with Crippen molar-refractivity contribution in [1.29, 1.82) is 0 Å². The summed E-state index contributed by atoms with van der Waals surface area (Å²) in [5.41, 5.74) is 7.02. The van der Waals surface area contributed by atoms with Gasteiger partial charge in [-0.1, -0.05) is 19.1 Å². The number of carbonyl (C=O) groups excluding carboxylic acids is 2. The van der Waals surface area contributed by atoms with Gasteiger partial charge in [0.05, 0.1) is 6.61 Å². The number of benzene rings is 1. The number of aryl methyl sites for hydroxylation is 1. The largest absolute Gasteiger partial charge is 0.481 e. The molecule has 1 fully saturated rings. The fourth-order valence-electron chi connectivity index (χ4n) is 2.95. The number of piperazine rings is 1. The van der Waals surface area contributed by atoms with Crippen LogP contribution in [0, 0.1) is 0 Å². The Morgan fingerprint density at radius 3 is 2.12 bits per heavy atom. The monoisotopic (exact) mass is 363 g/mol. The first kappa shape index (κ1) is 20.2. The van der Waals surface area contributed by atoms with Crippen molar-refractivity contribution in [2.24, 2.45) is 5.73 Å². The average molecular weight is 363 g/mol. The number of amides is 2. The van der Waals surface area contributed by atoms with Crippen LogP contribution in [0.5, 0.6) is 5.75 Å². The minimum atomic E-state index is -0.657. The number of hydrogen-bond donors (Lipinski definition) is 1. The van der Waals surface area contributed by atoms with Crippen molar-refractivity contribution in [2.75, 3.05) is 39.9 Å². The van der Waals surface area contributed by atoms with Gasteiger partial charge in [-0.25, -0.2) is 0 Å². The lowest BCUT2D eigenvalue weighted by molar-refractivity contribution is -0.144. The van der Waals surface area contributed by atoms with Crippen LogP contribution in [-0.4, -0.2) is 73.7 Å². The minimum absolute atomic E-state index is 0.0714. The lowest BCUT2D eigenvalue weighted by Gasteiger charge is -2.36. The molecule has 1 aromatic carbocycles. The van der Waals surface area contributed by atoms with Crippen molar-refractivity contribution >= 4 is 11.8 Å². The van der Waals surface area contributed by atoms with Crippen molar-refractivity contribution < 1.29 is 19.1 Å². The Morgan fingerprint density at radius 2 is 1.62 bits per heavy atom. The fraction of sp³-hybridized carbons (Fsp3) is 0.579. The third-order valence-corrected chi connectivity index (χ3v) is 4.56. The smallest absolute Gasteiger partial charge is 0.263 e. The summed E-state index contributed by atoms with van der Waals surface area (Å²) in [6.07, 6.45) is 0.395. The van der Waals surface area contributed by atoms with Crippen LogP contribution >= 0.6 is 0 Å². The molecular formula is C19H29N3O4. The van der Waals surface area contributed by atoms with Crippen molar-refractivity contribution in [3.63, 3.8) is 0 Å². The SMILES string of the molecule is CCc1ccc(OC(C)C(=O)N2CCN(C(=O)C(N)COC)CC2)cc1. The summed E-state index contributed by atoms with van der Waals surface area (Å²) in [7, 11) is 1.51. The van der Waals surface area contributed by atoms with Crippen molar-refractivity contribution in [2.45, 2.75) is 32.4 Å². The van der Waals surface area contributed by atoms with Gasteiger partial charge >= 0.3 is 0 Å². The van der Waals surface area contributed by atoms with Crippen molar-refractivity contribution in [3.05, 3.63) is 29.8 Å². The van der Waals surface area contributed by atoms with E-state index in [0.717, 1.165) is 6.42 Å². The van der Waals surface area contributed by atoms with Crippen LogP contribution < -0.4 is 10.5 Å². The van der Waals surface area contributed by atoms with E-state index in [-0.39, 0.29) is 18.4 Å². The van der Waals surface area contributed by atoms with Gasteiger partial charge in [0.2, 0.25) is 5.91 Å². The highest BCUT2D eigenvalue weighted by Crippen LogP contribution is 2.16. The quantitative estimate of drug-likeness (QED) is 0.769. The zero-order chi connectivity index (χ0) is 19.1. The zero-order valence-corrected chi connectivity index (χ0v) is 15.8. The van der Waals surface area contributed by atoms with E-state index < -0.39 is 12.1 Å². The molecule has 0 radical (unpaired) electrons. The molecule has 7 heteroatoms. The average Bonchev–Trinajstić information content (AvgIpc) is 2.67. The van der Waals surface area contributed by atoms with Gasteiger partial charge in [0.1, 0.15) is 11.8 Å². The first-order chi connectivity index (χ1) is 12.5. The van der Waals surface area contributed by atoms with Crippen LogP contribution in [0.3, 0.4) is 0 Å². The van der Waals surface area contributed by atoms with Crippen LogP contribution in [-0.2, 0) is 20.7 Å². The Bertz CT molecular complexity index is 597. The molecule has 2 N–H and O–H groups in total. The summed E-state index contributed by atoms with van der Waals surface area (Å²) >= 11 is 0. The van der Waals surface area contributed by atoms with E-state index in [1.54, 1.807) is 16.7 Å². The maximum Gasteiger partial charge on any atom is 0.263 e. The van der Waals surface area contributed by atoms with Crippen LogP contribution in [0.2, 0.25) is 0 Å². The van der Waals surface area contributed by atoms with Crippen molar-refractivity contribution in [1.82, 2.24) is 9.80 Å². The van der Waals surface area contributed by atoms with Crippen LogP contribution in [0.15, 0.2) is 24.3 Å². The summed E-state index contributed by atoms with van der Waals surface area (Å²) in [5.74, 6) is 0.472. The molecule has 144 valence electrons. The van der Waals surface area contributed by atoms with Gasteiger partial charge in [0.15, 0.2) is 6.10 Å². The maximum atomic E-state index is 12.6. The van der Waals surface area contributed by atoms with E-state index >= 15 is 0 Å². The number of ether oxygens (including phenoxy) is 2. The normalized spacial score (nSPS) is 16.9. The van der Waals surface area contributed by atoms with Crippen molar-refractivity contribution in [3.8, 4) is 5.75 Å². The Labute approximate surface area is 155 Å². The predicted molar refractivity (Wildman–Crippen MR) is 98.9 cm³/mol. The summed E-state index contributed by atoms with van der Waals surface area (Å²) in [5, 5.41) is 0. The van der Waals surface area contributed by atoms with Gasteiger partial charge in [0.25, 0.3) is 5.91 Å². The summed E-state index contributed by atoms with van der Waals surface area (Å²) in [4.78, 5) is 28.2. The van der Waals surface area contributed by atoms with E-state index in [2.05, 4.69) is 6.92 Å². The molecule has 1 aromatic rings. The number of carbonyl (C=O) groups is 2. The molecule has 1 aliphatic heterocycles. The Morgan fingerprint density at radius 1 is 1.08 bits per heavy atom. The second-order valence-corrected chi connectivity index (χ2v) is 6.47. The van der Waals surface area contributed by atoms with Gasteiger partial charge in [-0.3, -0.25) is 9.59 Å². The lowest BCUT2D eigenvalue weighted by Crippen LogP contribution is -2.56. The molecule has 2 amide bonds. The van der Waals surface area contributed by atoms with E-state index in [1.807, 2.05) is 24.3 Å². The van der Waals surface area contributed by atoms with Gasteiger partial charge < -0.3 is 25.0 Å². The molecule has 0 spiro atoms. The molecule has 7 nitrogen and oxygen atoms in total. The second kappa shape index (κ2) is 9.54. The molecule has 2 rings (SSSR count). The third kappa shape index (κ3) is 5.19. The molecule has 0 saturated carbocycles. The number of hydrogen-bond acceptors (Lipinski definition) is 5. The molecule has 0 bridgehead atoms. The molecule has 0 aromatic heterocycles. The van der Waals surface area contributed by atoms with E-state index in [1.165, 1.54) is 12.7 Å². The van der Waals surface area contributed by atoms with Crippen LogP contribution in [0.4, 0.5) is 0 Å². The second-order valence-electron chi connectivity index (χ2n) is 6.47. The highest BCUT2D eigenvalue weighted by atomic mass is 16.5. The Kier molecular flexibility index (Phi) is 7.41. The van der Waals surface area contributed by atoms with Crippen LogP contribution in [0.1, 0.15) is 19.4 Å². The molecule has 2 unspecified atom stereocenters. The standard InChI is InChI=1S/C19H29N3O4/c1-4-15-5-7-16(8-6-15)26-14(2)18(23)21-9-11-22(12-10-21)19(24)17(20)13-25-3/h5-8,14,17H,4,9-13,20H2,1-3H3. The topological polar surface area (TPSA) is 85.1 Å². The number of rotatable bonds is 7. The summed E-state index contributed by atoms with van der Waals surface area (Å²) in [6.45, 7) is 5.94. The minimum Gasteiger partial charge on any atom is -0.481 e. The first-order valence-corrected chi connectivity index (χ1v) is 9.04. The molecule has 26 heavy (non-hydrogen) atoms. The summed E-state index contributed by atoms with van der Waals surface area (Å²) in [6, 6.07) is 7.11. The van der Waals surface area contributed by atoms with E-state index in [9.17, 15) is 9.59 Å². The van der Waals surface area contributed by atoms with E-state index in [4.69, 9.17) is 15.2 Å². The number of methoxy groups -OCH3 is 1. The molecule has 1 heterocycles. The van der Waals surface area contributed by atoms with E-state index in [0.29, 0.717) is 31.9 Å². The predicted octanol–water partition coefficient (Wildman–Crippen LogP) is 0.661. The van der Waals surface area contributed by atoms with Gasteiger partial charge in [-0.2, -0.15) is 0 Å². The van der Waals surface area contributed by atoms with Gasteiger partial charge in [0, 0.05) is 33.3 Å². The fourth-order valence-corrected chi connectivity index (χ4v) is 2.95. The highest BCUT2D eigenvalue weighted by molar-refractivity contribution is 5.83. The van der Waals surface area contributed by atoms with Gasteiger partial charge in [-0.05, 0) is 31.0 Å². The molecule has 2 atom stereocenters. The van der Waals surface area contributed by atoms with Gasteiger partial charge in [-0.15, -0.1) is 0 Å². The first-order valence-electron chi connectivity index (χ1n) is 9.04. The molecule has 1 saturated heterocycles. The van der Waals surface area contributed by atoms with Crippen LogP contribution in [0.25, 0.3) is 0 Å². The maximum absolute atomic E-state index is 12.6. The molecule has 1 aliphatic rings. The number of nitrogens with two attached hydrogens (primary N) is 1. The lowest BCUT2D eigenvalue weighted by atomic mass is 10.2. The molecule has 0 aliphatic carbocycles. The Balaban J connectivity index is 1.83. The number of nitrogens with zero attached hydrogens (tertiary/aromatic N) is 2.